The molecule has 1 atom stereocenters. The molecule has 0 bridgehead atoms. The Morgan fingerprint density at radius 1 is 0.939 bits per heavy atom. The van der Waals surface area contributed by atoms with Gasteiger partial charge in [0.25, 0.3) is 0 Å². The molecule has 3 rings (SSSR count). The van der Waals surface area contributed by atoms with Crippen molar-refractivity contribution in [1.29, 1.82) is 5.26 Å². The van der Waals surface area contributed by atoms with E-state index in [1.165, 1.54) is 11.1 Å². The Balaban J connectivity index is 1.59. The van der Waals surface area contributed by atoms with Gasteiger partial charge in [0.2, 0.25) is 0 Å². The fraction of sp³-hybridized carbons (Fsp3) is 0.321. The Bertz CT molecular complexity index is 992. The maximum Gasteiger partial charge on any atom is 0.137 e. The zero-order chi connectivity index (χ0) is 23.7. The van der Waals surface area contributed by atoms with Crippen molar-refractivity contribution < 1.29 is 9.84 Å². The second-order valence-electron chi connectivity index (χ2n) is 8.98. The van der Waals surface area contributed by atoms with E-state index in [-0.39, 0.29) is 18.2 Å². The predicted molar refractivity (Wildman–Crippen MR) is 132 cm³/mol. The van der Waals surface area contributed by atoms with Crippen molar-refractivity contribution in [2.75, 3.05) is 26.7 Å². The van der Waals surface area contributed by atoms with E-state index >= 15 is 0 Å². The van der Waals surface area contributed by atoms with Crippen molar-refractivity contribution in [2.24, 2.45) is 0 Å². The molecule has 0 aliphatic carbocycles. The highest BCUT2D eigenvalue weighted by Gasteiger charge is 2.26. The number of nitriles is 1. The van der Waals surface area contributed by atoms with Crippen LogP contribution in [0.1, 0.15) is 36.6 Å². The van der Waals surface area contributed by atoms with E-state index in [4.69, 9.17) is 4.74 Å². The van der Waals surface area contributed by atoms with E-state index in [9.17, 15) is 10.4 Å². The van der Waals surface area contributed by atoms with Crippen LogP contribution in [-0.4, -0.2) is 48.4 Å². The lowest BCUT2D eigenvalue weighted by molar-refractivity contribution is 0.0934. The van der Waals surface area contributed by atoms with Gasteiger partial charge in [-0.05, 0) is 44.2 Å². The van der Waals surface area contributed by atoms with Gasteiger partial charge in [0.15, 0.2) is 0 Å². The minimum Gasteiger partial charge on any atom is -0.489 e. The van der Waals surface area contributed by atoms with Gasteiger partial charge in [0, 0.05) is 18.6 Å². The van der Waals surface area contributed by atoms with Gasteiger partial charge in [-0.15, -0.1) is 0 Å². The fourth-order valence-corrected chi connectivity index (χ4v) is 4.07. The average molecular weight is 444 g/mol. The zero-order valence-corrected chi connectivity index (χ0v) is 19.6. The number of aliphatic hydroxyl groups excluding tert-OH is 1. The molecular weight excluding hydrogens is 410 g/mol. The number of ether oxygens (including phenoxy) is 1. The van der Waals surface area contributed by atoms with Gasteiger partial charge in [-0.25, -0.2) is 0 Å². The number of β-amino-alcohol motifs (C(OH)–C–C–N with tert-alkyl or cyclic N) is 1. The Labute approximate surface area is 197 Å². The van der Waals surface area contributed by atoms with E-state index in [1.807, 2.05) is 18.2 Å². The molecule has 0 spiro atoms. The van der Waals surface area contributed by atoms with E-state index in [0.717, 1.165) is 6.54 Å². The monoisotopic (exact) mass is 443 g/mol. The first kappa shape index (κ1) is 24.5. The van der Waals surface area contributed by atoms with Crippen molar-refractivity contribution in [2.45, 2.75) is 31.5 Å². The molecule has 1 unspecified atom stereocenters. The van der Waals surface area contributed by atoms with E-state index < -0.39 is 6.10 Å². The van der Waals surface area contributed by atoms with E-state index in [0.29, 0.717) is 17.9 Å². The number of benzene rings is 3. The molecule has 0 radical (unpaired) electrons. The Kier molecular flexibility index (Phi) is 8.62. The Morgan fingerprint density at radius 3 is 2.06 bits per heavy atom. The number of hydrogen-bond donors (Lipinski definition) is 2. The van der Waals surface area contributed by atoms with Crippen LogP contribution in [0.3, 0.4) is 0 Å². The third-order valence-corrected chi connectivity index (χ3v) is 5.57. The summed E-state index contributed by atoms with van der Waals surface area (Å²) in [5, 5.41) is 23.1. The van der Waals surface area contributed by atoms with Gasteiger partial charge in [-0.1, -0.05) is 72.8 Å². The minimum absolute atomic E-state index is 0.119. The van der Waals surface area contributed by atoms with Crippen molar-refractivity contribution in [3.63, 3.8) is 0 Å². The highest BCUT2D eigenvalue weighted by molar-refractivity contribution is 5.42. The topological polar surface area (TPSA) is 68.5 Å². The standard InChI is InChI=1S/C28H33N3O2/c1-28(2,30-19-25(32)20-33-26-17-11-10-16-24(26)18-29)21-31(3)27(22-12-6-4-7-13-22)23-14-8-5-9-15-23/h4-17,25,27,30,32H,19-21H2,1-3H3. The highest BCUT2D eigenvalue weighted by atomic mass is 16.5. The molecule has 172 valence electrons. The number of nitrogens with zero attached hydrogens (tertiary/aromatic N) is 2. The van der Waals surface area contributed by atoms with Crippen LogP contribution in [0.4, 0.5) is 0 Å². The number of rotatable bonds is 11. The smallest absolute Gasteiger partial charge is 0.137 e. The summed E-state index contributed by atoms with van der Waals surface area (Å²) in [5.41, 5.74) is 2.70. The van der Waals surface area contributed by atoms with Crippen LogP contribution in [-0.2, 0) is 0 Å². The van der Waals surface area contributed by atoms with Crippen LogP contribution < -0.4 is 10.1 Å². The minimum atomic E-state index is -0.694. The maximum atomic E-state index is 10.5. The van der Waals surface area contributed by atoms with Gasteiger partial charge >= 0.3 is 0 Å². The van der Waals surface area contributed by atoms with Gasteiger partial charge in [0.05, 0.1) is 11.6 Å². The lowest BCUT2D eigenvalue weighted by atomic mass is 9.95. The Morgan fingerprint density at radius 2 is 1.48 bits per heavy atom. The quantitative estimate of drug-likeness (QED) is 0.460. The van der Waals surface area contributed by atoms with Crippen LogP contribution in [0.5, 0.6) is 5.75 Å². The van der Waals surface area contributed by atoms with Crippen molar-refractivity contribution >= 4 is 0 Å². The maximum absolute atomic E-state index is 10.5. The van der Waals surface area contributed by atoms with Crippen LogP contribution in [0.15, 0.2) is 84.9 Å². The molecule has 3 aromatic carbocycles. The van der Waals surface area contributed by atoms with Gasteiger partial charge in [-0.3, -0.25) is 4.90 Å². The third-order valence-electron chi connectivity index (χ3n) is 5.57. The first-order valence-corrected chi connectivity index (χ1v) is 11.2. The summed E-state index contributed by atoms with van der Waals surface area (Å²) < 4.78 is 5.67. The van der Waals surface area contributed by atoms with Crippen LogP contribution >= 0.6 is 0 Å². The molecule has 33 heavy (non-hydrogen) atoms. The van der Waals surface area contributed by atoms with Crippen LogP contribution in [0, 0.1) is 11.3 Å². The molecule has 0 saturated carbocycles. The summed E-state index contributed by atoms with van der Waals surface area (Å²) in [5.74, 6) is 0.492. The van der Waals surface area contributed by atoms with Crippen molar-refractivity contribution in [3.05, 3.63) is 102 Å². The predicted octanol–water partition coefficient (Wildman–Crippen LogP) is 4.39. The SMILES string of the molecule is CN(CC(C)(C)NCC(O)COc1ccccc1C#N)C(c1ccccc1)c1ccccc1. The third kappa shape index (κ3) is 7.16. The van der Waals surface area contributed by atoms with Gasteiger partial charge < -0.3 is 15.2 Å². The number of likely N-dealkylation sites (N-methyl/N-ethyl adjacent to an activating group) is 1. The van der Waals surface area contributed by atoms with E-state index in [2.05, 4.69) is 85.7 Å². The molecule has 2 N–H and O–H groups in total. The molecule has 0 aliphatic rings. The molecule has 0 aromatic heterocycles. The molecule has 0 amide bonds. The average Bonchev–Trinajstić information content (AvgIpc) is 2.83. The number of hydrogen-bond acceptors (Lipinski definition) is 5. The Hall–Kier alpha value is -3.17. The second-order valence-corrected chi connectivity index (χ2v) is 8.98. The molecule has 0 aliphatic heterocycles. The fourth-order valence-electron chi connectivity index (χ4n) is 4.07. The van der Waals surface area contributed by atoms with Gasteiger partial charge in [-0.2, -0.15) is 5.26 Å². The first-order valence-electron chi connectivity index (χ1n) is 11.2. The molecule has 5 heteroatoms. The molecule has 0 saturated heterocycles. The lowest BCUT2D eigenvalue weighted by Crippen LogP contribution is -2.51. The number of para-hydroxylation sites is 1. The largest absolute Gasteiger partial charge is 0.489 e. The summed E-state index contributed by atoms with van der Waals surface area (Å²) in [6.45, 7) is 5.54. The zero-order valence-electron chi connectivity index (χ0n) is 19.6. The van der Waals surface area contributed by atoms with Crippen molar-refractivity contribution in [1.82, 2.24) is 10.2 Å². The highest BCUT2D eigenvalue weighted by Crippen LogP contribution is 2.28. The summed E-state index contributed by atoms with van der Waals surface area (Å²) in [7, 11) is 2.13. The molecule has 0 fully saturated rings. The normalized spacial score (nSPS) is 12.5. The van der Waals surface area contributed by atoms with Crippen LogP contribution in [0.2, 0.25) is 0 Å². The first-order chi connectivity index (χ1) is 15.9. The number of nitrogens with one attached hydrogen (secondary N) is 1. The summed E-state index contributed by atoms with van der Waals surface area (Å²) in [6.07, 6.45) is -0.694. The second kappa shape index (κ2) is 11.6. The number of aliphatic hydroxyl groups is 1. The summed E-state index contributed by atoms with van der Waals surface area (Å²) in [6, 6.07) is 30.3. The van der Waals surface area contributed by atoms with Crippen molar-refractivity contribution in [3.8, 4) is 11.8 Å². The molecule has 0 heterocycles. The summed E-state index contributed by atoms with van der Waals surface area (Å²) >= 11 is 0. The molecule has 5 nitrogen and oxygen atoms in total. The van der Waals surface area contributed by atoms with Crippen LogP contribution in [0.25, 0.3) is 0 Å². The lowest BCUT2D eigenvalue weighted by Gasteiger charge is -2.37. The molecular formula is C28H33N3O2. The van der Waals surface area contributed by atoms with Gasteiger partial charge in [0.1, 0.15) is 24.5 Å². The summed E-state index contributed by atoms with van der Waals surface area (Å²) in [4.78, 5) is 2.34. The molecule has 3 aromatic rings. The van der Waals surface area contributed by atoms with E-state index in [1.54, 1.807) is 18.2 Å².